The second kappa shape index (κ2) is 6.83. The van der Waals surface area contributed by atoms with E-state index in [9.17, 15) is 9.59 Å². The van der Waals surface area contributed by atoms with Crippen LogP contribution in [-0.4, -0.2) is 28.7 Å². The molecule has 1 aliphatic rings. The third-order valence-electron chi connectivity index (χ3n) is 3.35. The first kappa shape index (κ1) is 15.6. The van der Waals surface area contributed by atoms with Gasteiger partial charge in [0.05, 0.1) is 17.0 Å². The average molecular weight is 327 g/mol. The molecule has 0 amide bonds. The van der Waals surface area contributed by atoms with Crippen LogP contribution in [0.4, 0.5) is 0 Å². The quantitative estimate of drug-likeness (QED) is 0.767. The molecule has 0 atom stereocenters. The highest BCUT2D eigenvalue weighted by Crippen LogP contribution is 2.11. The molecule has 2 aromatic rings. The summed E-state index contributed by atoms with van der Waals surface area (Å²) in [5.41, 5.74) is 0.115. The van der Waals surface area contributed by atoms with E-state index in [0.717, 1.165) is 0 Å². The SMILES string of the molecule is N#CCn1c(COC(=O)C2=COCCO2)nc2ccccc2c1=O. The molecule has 3 rings (SSSR count). The number of nitrogens with zero attached hydrogens (tertiary/aromatic N) is 3. The van der Waals surface area contributed by atoms with Crippen LogP contribution in [0.3, 0.4) is 0 Å². The summed E-state index contributed by atoms with van der Waals surface area (Å²) < 4.78 is 16.4. The molecule has 0 unspecified atom stereocenters. The van der Waals surface area contributed by atoms with Crippen molar-refractivity contribution in [3.05, 3.63) is 52.5 Å². The largest absolute Gasteiger partial charge is 0.493 e. The zero-order valence-electron chi connectivity index (χ0n) is 12.6. The molecule has 0 fully saturated rings. The zero-order valence-corrected chi connectivity index (χ0v) is 12.6. The fraction of sp³-hybridized carbons (Fsp3) is 0.250. The standard InChI is InChI=1S/C16H13N3O5/c17-5-6-19-14(10-24-16(21)13-9-22-7-8-23-13)18-12-4-2-1-3-11(12)15(19)20/h1-4,9H,6-8,10H2. The van der Waals surface area contributed by atoms with E-state index in [-0.39, 0.29) is 36.9 Å². The normalized spacial score (nSPS) is 13.4. The predicted molar refractivity (Wildman–Crippen MR) is 81.4 cm³/mol. The van der Waals surface area contributed by atoms with Gasteiger partial charge in [-0.25, -0.2) is 9.78 Å². The molecule has 0 N–H and O–H groups in total. The van der Waals surface area contributed by atoms with Crippen molar-refractivity contribution in [3.63, 3.8) is 0 Å². The van der Waals surface area contributed by atoms with Gasteiger partial charge in [0, 0.05) is 0 Å². The molecule has 2 heterocycles. The highest BCUT2D eigenvalue weighted by molar-refractivity contribution is 5.86. The maximum atomic E-state index is 12.5. The van der Waals surface area contributed by atoms with E-state index >= 15 is 0 Å². The first-order valence-electron chi connectivity index (χ1n) is 7.18. The minimum atomic E-state index is -0.722. The number of ether oxygens (including phenoxy) is 3. The number of carbonyl (C=O) groups is 1. The van der Waals surface area contributed by atoms with Gasteiger partial charge in [0.25, 0.3) is 5.56 Å². The fourth-order valence-electron chi connectivity index (χ4n) is 2.23. The molecular weight excluding hydrogens is 314 g/mol. The van der Waals surface area contributed by atoms with Crippen LogP contribution in [0, 0.1) is 11.3 Å². The van der Waals surface area contributed by atoms with Crippen LogP contribution >= 0.6 is 0 Å². The van der Waals surface area contributed by atoms with Crippen molar-refractivity contribution in [2.24, 2.45) is 0 Å². The number of aromatic nitrogens is 2. The first-order chi connectivity index (χ1) is 11.7. The molecule has 24 heavy (non-hydrogen) atoms. The molecule has 1 aromatic carbocycles. The number of hydrogen-bond acceptors (Lipinski definition) is 7. The monoisotopic (exact) mass is 327 g/mol. The number of fused-ring (bicyclic) bond motifs is 1. The van der Waals surface area contributed by atoms with E-state index in [1.807, 2.05) is 6.07 Å². The van der Waals surface area contributed by atoms with Crippen LogP contribution in [0.15, 0.2) is 41.1 Å². The van der Waals surface area contributed by atoms with E-state index in [4.69, 9.17) is 19.5 Å². The van der Waals surface area contributed by atoms with Gasteiger partial charge >= 0.3 is 5.97 Å². The summed E-state index contributed by atoms with van der Waals surface area (Å²) in [6.07, 6.45) is 1.18. The lowest BCUT2D eigenvalue weighted by Gasteiger charge is -2.15. The van der Waals surface area contributed by atoms with Crippen molar-refractivity contribution in [1.82, 2.24) is 9.55 Å². The summed E-state index contributed by atoms with van der Waals surface area (Å²) in [6, 6.07) is 8.68. The lowest BCUT2D eigenvalue weighted by Crippen LogP contribution is -2.26. The van der Waals surface area contributed by atoms with Gasteiger partial charge in [-0.2, -0.15) is 5.26 Å². The van der Waals surface area contributed by atoms with Crippen LogP contribution in [0.25, 0.3) is 10.9 Å². The Bertz CT molecular complexity index is 910. The van der Waals surface area contributed by atoms with Crippen molar-refractivity contribution >= 4 is 16.9 Å². The smallest absolute Gasteiger partial charge is 0.377 e. The van der Waals surface area contributed by atoms with Crippen LogP contribution in [0.2, 0.25) is 0 Å². The van der Waals surface area contributed by atoms with Crippen molar-refractivity contribution < 1.29 is 19.0 Å². The minimum Gasteiger partial charge on any atom is -0.493 e. The minimum absolute atomic E-state index is 0.0452. The molecule has 0 radical (unpaired) electrons. The number of carbonyl (C=O) groups excluding carboxylic acids is 1. The topological polar surface area (TPSA) is 103 Å². The Labute approximate surface area is 136 Å². The first-order valence-corrected chi connectivity index (χ1v) is 7.18. The number of esters is 1. The van der Waals surface area contributed by atoms with Gasteiger partial charge in [-0.15, -0.1) is 0 Å². The lowest BCUT2D eigenvalue weighted by molar-refractivity contribution is -0.146. The van der Waals surface area contributed by atoms with E-state index in [0.29, 0.717) is 17.5 Å². The van der Waals surface area contributed by atoms with E-state index in [1.54, 1.807) is 24.3 Å². The molecule has 0 saturated carbocycles. The highest BCUT2D eigenvalue weighted by atomic mass is 16.6. The summed E-state index contributed by atoms with van der Waals surface area (Å²) in [7, 11) is 0. The van der Waals surface area contributed by atoms with E-state index in [2.05, 4.69) is 4.98 Å². The van der Waals surface area contributed by atoms with E-state index in [1.165, 1.54) is 10.8 Å². The average Bonchev–Trinajstić information content (AvgIpc) is 2.63. The van der Waals surface area contributed by atoms with Crippen LogP contribution in [0.5, 0.6) is 0 Å². The molecule has 1 aromatic heterocycles. The van der Waals surface area contributed by atoms with Crippen molar-refractivity contribution in [2.75, 3.05) is 13.2 Å². The van der Waals surface area contributed by atoms with Gasteiger partial charge < -0.3 is 14.2 Å². The second-order valence-electron chi connectivity index (χ2n) is 4.87. The molecule has 0 saturated heterocycles. The summed E-state index contributed by atoms with van der Waals surface area (Å²) in [6.45, 7) is 0.173. The molecule has 122 valence electrons. The molecule has 0 bridgehead atoms. The highest BCUT2D eigenvalue weighted by Gasteiger charge is 2.18. The maximum absolute atomic E-state index is 12.5. The summed E-state index contributed by atoms with van der Waals surface area (Å²) >= 11 is 0. The van der Waals surface area contributed by atoms with Crippen LogP contribution in [0.1, 0.15) is 5.82 Å². The number of rotatable bonds is 4. The maximum Gasteiger partial charge on any atom is 0.377 e. The molecule has 8 nitrogen and oxygen atoms in total. The van der Waals surface area contributed by atoms with Crippen molar-refractivity contribution in [2.45, 2.75) is 13.2 Å². The fourth-order valence-corrected chi connectivity index (χ4v) is 2.23. The van der Waals surface area contributed by atoms with Gasteiger partial charge in [-0.3, -0.25) is 9.36 Å². The second-order valence-corrected chi connectivity index (χ2v) is 4.87. The summed E-state index contributed by atoms with van der Waals surface area (Å²) in [5.74, 6) is -0.581. The Hall–Kier alpha value is -3.34. The van der Waals surface area contributed by atoms with Crippen LogP contribution in [-0.2, 0) is 32.2 Å². The van der Waals surface area contributed by atoms with Gasteiger partial charge in [0.2, 0.25) is 5.76 Å². The Kier molecular flexibility index (Phi) is 4.43. The predicted octanol–water partition coefficient (Wildman–Crippen LogP) is 0.851. The number of nitriles is 1. The van der Waals surface area contributed by atoms with Gasteiger partial charge in [0.15, 0.2) is 5.82 Å². The molecular formula is C16H13N3O5. The van der Waals surface area contributed by atoms with Crippen molar-refractivity contribution in [1.29, 1.82) is 5.26 Å². The van der Waals surface area contributed by atoms with Gasteiger partial charge in [0.1, 0.15) is 32.6 Å². The third kappa shape index (κ3) is 3.05. The number of hydrogen-bond donors (Lipinski definition) is 0. The summed E-state index contributed by atoms with van der Waals surface area (Å²) in [5, 5.41) is 9.33. The van der Waals surface area contributed by atoms with Crippen molar-refractivity contribution in [3.8, 4) is 6.07 Å². The Morgan fingerprint density at radius 2 is 2.21 bits per heavy atom. The van der Waals surface area contributed by atoms with Gasteiger partial charge in [-0.1, -0.05) is 12.1 Å². The molecule has 0 spiro atoms. The van der Waals surface area contributed by atoms with Gasteiger partial charge in [-0.05, 0) is 12.1 Å². The third-order valence-corrected chi connectivity index (χ3v) is 3.35. The Morgan fingerprint density at radius 1 is 1.38 bits per heavy atom. The Balaban J connectivity index is 1.89. The number of para-hydroxylation sites is 1. The Morgan fingerprint density at radius 3 is 2.96 bits per heavy atom. The zero-order chi connectivity index (χ0) is 16.9. The molecule has 8 heteroatoms. The lowest BCUT2D eigenvalue weighted by atomic mass is 10.2. The molecule has 1 aliphatic heterocycles. The van der Waals surface area contributed by atoms with Crippen LogP contribution < -0.4 is 5.56 Å². The summed E-state index contributed by atoms with van der Waals surface area (Å²) in [4.78, 5) is 28.7. The number of benzene rings is 1. The van der Waals surface area contributed by atoms with E-state index < -0.39 is 5.97 Å². The molecule has 0 aliphatic carbocycles.